The van der Waals surface area contributed by atoms with Crippen molar-refractivity contribution < 1.29 is 13.2 Å². The molecule has 7 heteroatoms. The third-order valence-corrected chi connectivity index (χ3v) is 3.05. The summed E-state index contributed by atoms with van der Waals surface area (Å²) in [4.78, 5) is 3.39. The van der Waals surface area contributed by atoms with Crippen LogP contribution >= 0.6 is 22.3 Å². The number of methoxy groups -OCH3 is 1. The molecular weight excluding hydrogens is 237 g/mol. The summed E-state index contributed by atoms with van der Waals surface area (Å²) in [5.74, 6) is 0.0301. The Morgan fingerprint density at radius 3 is 2.46 bits per heavy atom. The van der Waals surface area contributed by atoms with Crippen molar-refractivity contribution in [1.82, 2.24) is 4.98 Å². The highest BCUT2D eigenvalue weighted by Gasteiger charge is 2.20. The van der Waals surface area contributed by atoms with Crippen LogP contribution in [0.3, 0.4) is 0 Å². The third kappa shape index (κ3) is 2.24. The van der Waals surface area contributed by atoms with Gasteiger partial charge < -0.3 is 4.74 Å². The summed E-state index contributed by atoms with van der Waals surface area (Å²) < 4.78 is 26.8. The maximum Gasteiger partial charge on any atom is 0.266 e. The van der Waals surface area contributed by atoms with Crippen molar-refractivity contribution in [2.24, 2.45) is 0 Å². The molecule has 0 atom stereocenters. The van der Waals surface area contributed by atoms with E-state index in [2.05, 4.69) is 4.98 Å². The van der Waals surface area contributed by atoms with Crippen LogP contribution in [0, 0.1) is 0 Å². The van der Waals surface area contributed by atoms with Crippen molar-refractivity contribution in [1.29, 1.82) is 0 Å². The number of rotatable bonds is 2. The van der Waals surface area contributed by atoms with Gasteiger partial charge in [0.05, 0.1) is 18.3 Å². The Hall–Kier alpha value is -0.520. The van der Waals surface area contributed by atoms with Gasteiger partial charge >= 0.3 is 0 Å². The predicted molar refractivity (Wildman–Crippen MR) is 48.8 cm³/mol. The zero-order chi connectivity index (χ0) is 10.1. The lowest BCUT2D eigenvalue weighted by Gasteiger charge is -2.05. The number of nitrogens with zero attached hydrogens (tertiary/aromatic N) is 1. The van der Waals surface area contributed by atoms with E-state index >= 15 is 0 Å². The molecule has 0 aliphatic carbocycles. The van der Waals surface area contributed by atoms with Gasteiger partial charge in [0.15, 0.2) is 5.75 Å². The fraction of sp³-hybridized carbons (Fsp3) is 0.167. The highest BCUT2D eigenvalue weighted by molar-refractivity contribution is 8.14. The van der Waals surface area contributed by atoms with Gasteiger partial charge in [0.25, 0.3) is 9.05 Å². The van der Waals surface area contributed by atoms with Crippen LogP contribution in [-0.4, -0.2) is 20.5 Å². The van der Waals surface area contributed by atoms with Crippen molar-refractivity contribution in [2.45, 2.75) is 4.90 Å². The second kappa shape index (κ2) is 3.69. The minimum atomic E-state index is -3.90. The van der Waals surface area contributed by atoms with Crippen LogP contribution < -0.4 is 4.74 Å². The van der Waals surface area contributed by atoms with Crippen LogP contribution in [0.2, 0.25) is 5.02 Å². The first-order valence-electron chi connectivity index (χ1n) is 3.09. The standard InChI is InChI=1S/C6H5Cl2NO3S/c1-12-5-3-9-2-4(7)6(5)13(8,10)11/h2-3H,1H3. The zero-order valence-electron chi connectivity index (χ0n) is 6.49. The first-order chi connectivity index (χ1) is 5.96. The topological polar surface area (TPSA) is 56.3 Å². The third-order valence-electron chi connectivity index (χ3n) is 1.28. The summed E-state index contributed by atoms with van der Waals surface area (Å²) in [5, 5.41) is -0.0608. The van der Waals surface area contributed by atoms with Crippen molar-refractivity contribution in [3.63, 3.8) is 0 Å². The molecule has 13 heavy (non-hydrogen) atoms. The van der Waals surface area contributed by atoms with Gasteiger partial charge in [0, 0.05) is 16.9 Å². The Labute approximate surface area is 84.9 Å². The molecule has 1 aromatic rings. The summed E-state index contributed by atoms with van der Waals surface area (Å²) in [5.41, 5.74) is 0. The molecule has 72 valence electrons. The lowest BCUT2D eigenvalue weighted by Crippen LogP contribution is -1.97. The maximum atomic E-state index is 11.0. The molecule has 0 aliphatic heterocycles. The summed E-state index contributed by atoms with van der Waals surface area (Å²) in [7, 11) is 2.53. The molecule has 4 nitrogen and oxygen atoms in total. The Kier molecular flexibility index (Phi) is 3.00. The van der Waals surface area contributed by atoms with Gasteiger partial charge in [-0.25, -0.2) is 8.42 Å². The average Bonchev–Trinajstić information content (AvgIpc) is 2.01. The van der Waals surface area contributed by atoms with Crippen molar-refractivity contribution in [3.05, 3.63) is 17.4 Å². The summed E-state index contributed by atoms with van der Waals surface area (Å²) in [6.07, 6.45) is 2.40. The highest BCUT2D eigenvalue weighted by Crippen LogP contribution is 2.31. The fourth-order valence-corrected chi connectivity index (χ4v) is 2.50. The molecule has 0 fully saturated rings. The van der Waals surface area contributed by atoms with Crippen molar-refractivity contribution >= 4 is 31.3 Å². The lowest BCUT2D eigenvalue weighted by atomic mass is 10.4. The normalized spacial score (nSPS) is 11.3. The predicted octanol–water partition coefficient (Wildman–Crippen LogP) is 1.67. The van der Waals surface area contributed by atoms with E-state index in [-0.39, 0.29) is 15.7 Å². The largest absolute Gasteiger partial charge is 0.494 e. The van der Waals surface area contributed by atoms with E-state index in [0.29, 0.717) is 0 Å². The molecule has 1 rings (SSSR count). The van der Waals surface area contributed by atoms with Crippen LogP contribution in [0.1, 0.15) is 0 Å². The molecule has 0 spiro atoms. The van der Waals surface area contributed by atoms with E-state index in [0.717, 1.165) is 0 Å². The monoisotopic (exact) mass is 241 g/mol. The molecule has 0 amide bonds. The Morgan fingerprint density at radius 2 is 2.08 bits per heavy atom. The number of hydrogen-bond donors (Lipinski definition) is 0. The first-order valence-corrected chi connectivity index (χ1v) is 5.77. The van der Waals surface area contributed by atoms with Crippen LogP contribution in [0.5, 0.6) is 5.75 Å². The minimum absolute atomic E-state index is 0.0301. The van der Waals surface area contributed by atoms with E-state index in [1.54, 1.807) is 0 Å². The smallest absolute Gasteiger partial charge is 0.266 e. The summed E-state index contributed by atoms with van der Waals surface area (Å²) >= 11 is 5.59. The van der Waals surface area contributed by atoms with Crippen LogP contribution in [0.25, 0.3) is 0 Å². The number of pyridine rings is 1. The number of ether oxygens (including phenoxy) is 1. The van der Waals surface area contributed by atoms with Crippen molar-refractivity contribution in [2.75, 3.05) is 7.11 Å². The van der Waals surface area contributed by atoms with Gasteiger partial charge in [0.2, 0.25) is 0 Å². The SMILES string of the molecule is COc1cncc(Cl)c1S(=O)(=O)Cl. The maximum absolute atomic E-state index is 11.0. The van der Waals surface area contributed by atoms with Crippen molar-refractivity contribution in [3.8, 4) is 5.75 Å². The molecule has 0 radical (unpaired) electrons. The van der Waals surface area contributed by atoms with Crippen LogP contribution in [0.15, 0.2) is 17.3 Å². The number of aromatic nitrogens is 1. The average molecular weight is 242 g/mol. The summed E-state index contributed by atoms with van der Waals surface area (Å²) in [6.45, 7) is 0. The zero-order valence-corrected chi connectivity index (χ0v) is 8.82. The van der Waals surface area contributed by atoms with Gasteiger partial charge in [-0.3, -0.25) is 4.98 Å². The quantitative estimate of drug-likeness (QED) is 0.740. The molecule has 0 bridgehead atoms. The molecule has 0 aromatic carbocycles. The Balaban J connectivity index is 3.50. The van der Waals surface area contributed by atoms with Gasteiger partial charge in [-0.05, 0) is 0 Å². The molecule has 0 saturated carbocycles. The molecule has 0 unspecified atom stereocenters. The van der Waals surface area contributed by atoms with Gasteiger partial charge in [-0.15, -0.1) is 0 Å². The van der Waals surface area contributed by atoms with E-state index < -0.39 is 9.05 Å². The molecule has 1 aromatic heterocycles. The molecule has 0 N–H and O–H groups in total. The fourth-order valence-electron chi connectivity index (χ4n) is 0.787. The Bertz CT molecular complexity index is 418. The Morgan fingerprint density at radius 1 is 1.46 bits per heavy atom. The van der Waals surface area contributed by atoms with Gasteiger partial charge in [-0.2, -0.15) is 0 Å². The van der Waals surface area contributed by atoms with E-state index in [9.17, 15) is 8.42 Å². The first kappa shape index (κ1) is 10.6. The molecule has 0 aliphatic rings. The van der Waals surface area contributed by atoms with Gasteiger partial charge in [0.1, 0.15) is 4.90 Å². The summed E-state index contributed by atoms with van der Waals surface area (Å²) in [6, 6.07) is 0. The second-order valence-corrected chi connectivity index (χ2v) is 5.00. The number of hydrogen-bond acceptors (Lipinski definition) is 4. The minimum Gasteiger partial charge on any atom is -0.494 e. The van der Waals surface area contributed by atoms with Gasteiger partial charge in [-0.1, -0.05) is 11.6 Å². The van der Waals surface area contributed by atoms with E-state index in [4.69, 9.17) is 27.0 Å². The lowest BCUT2D eigenvalue weighted by molar-refractivity contribution is 0.401. The molecular formula is C6H5Cl2NO3S. The molecule has 1 heterocycles. The highest BCUT2D eigenvalue weighted by atomic mass is 35.7. The van der Waals surface area contributed by atoms with Crippen LogP contribution in [0.4, 0.5) is 0 Å². The van der Waals surface area contributed by atoms with Crippen LogP contribution in [-0.2, 0) is 9.05 Å². The molecule has 0 saturated heterocycles. The number of halogens is 2. The second-order valence-electron chi connectivity index (χ2n) is 2.09. The van der Waals surface area contributed by atoms with E-state index in [1.807, 2.05) is 0 Å². The van der Waals surface area contributed by atoms with E-state index in [1.165, 1.54) is 19.5 Å².